The van der Waals surface area contributed by atoms with Gasteiger partial charge in [0.05, 0.1) is 23.6 Å². The Balaban J connectivity index is 1.76. The van der Waals surface area contributed by atoms with Gasteiger partial charge in [-0.1, -0.05) is 49.2 Å². The maximum absolute atomic E-state index is 13.4. The molecule has 0 aliphatic carbocycles. The summed E-state index contributed by atoms with van der Waals surface area (Å²) in [4.78, 5) is 25.0. The van der Waals surface area contributed by atoms with Crippen LogP contribution in [0.2, 0.25) is 5.02 Å². The van der Waals surface area contributed by atoms with Crippen LogP contribution in [0, 0.1) is 6.92 Å². The minimum Gasteiger partial charge on any atom is -0.462 e. The maximum Gasteiger partial charge on any atom is 0.338 e. The summed E-state index contributed by atoms with van der Waals surface area (Å²) in [7, 11) is -4.00. The summed E-state index contributed by atoms with van der Waals surface area (Å²) in [6.07, 6.45) is 1.71. The number of esters is 1. The Morgan fingerprint density at radius 3 is 2.28 bits per heavy atom. The number of unbranched alkanes of at least 4 members (excludes halogenated alkanes) is 1. The Morgan fingerprint density at radius 1 is 0.972 bits per heavy atom. The lowest BCUT2D eigenvalue weighted by molar-refractivity contribution is -0.116. The average Bonchev–Trinajstić information content (AvgIpc) is 2.85. The molecule has 190 valence electrons. The normalized spacial score (nSPS) is 11.3. The molecule has 0 saturated heterocycles. The molecule has 0 aromatic heterocycles. The molecule has 36 heavy (non-hydrogen) atoms. The largest absolute Gasteiger partial charge is 0.462 e. The number of ether oxygens (including phenoxy) is 1. The molecule has 3 rings (SSSR count). The van der Waals surface area contributed by atoms with E-state index in [-0.39, 0.29) is 11.4 Å². The van der Waals surface area contributed by atoms with Gasteiger partial charge in [-0.3, -0.25) is 4.79 Å². The van der Waals surface area contributed by atoms with E-state index in [0.29, 0.717) is 22.9 Å². The van der Waals surface area contributed by atoms with E-state index < -0.39 is 28.4 Å². The van der Waals surface area contributed by atoms with Crippen LogP contribution in [0.5, 0.6) is 0 Å². The van der Waals surface area contributed by atoms with Crippen molar-refractivity contribution < 1.29 is 22.7 Å². The van der Waals surface area contributed by atoms with E-state index >= 15 is 0 Å². The number of hydrogen-bond acceptors (Lipinski definition) is 5. The molecule has 3 aromatic carbocycles. The van der Waals surface area contributed by atoms with Crippen LogP contribution in [-0.2, 0) is 26.1 Å². The van der Waals surface area contributed by atoms with Gasteiger partial charge in [0.2, 0.25) is 15.9 Å². The minimum absolute atomic E-state index is 0.0214. The minimum atomic E-state index is -4.00. The number of hydrogen-bond donors (Lipinski definition) is 1. The van der Waals surface area contributed by atoms with Crippen molar-refractivity contribution in [1.82, 2.24) is 4.31 Å². The van der Waals surface area contributed by atoms with Crippen LogP contribution in [0.3, 0.4) is 0 Å². The first-order chi connectivity index (χ1) is 17.2. The van der Waals surface area contributed by atoms with Gasteiger partial charge in [-0.25, -0.2) is 13.2 Å². The number of anilines is 1. The van der Waals surface area contributed by atoms with Gasteiger partial charge in [0, 0.05) is 17.3 Å². The molecular formula is C27H29ClN2O5S. The zero-order valence-corrected chi connectivity index (χ0v) is 21.8. The summed E-state index contributed by atoms with van der Waals surface area (Å²) in [6, 6.07) is 19.5. The Labute approximate surface area is 217 Å². The Kier molecular flexibility index (Phi) is 9.64. The van der Waals surface area contributed by atoms with Crippen LogP contribution in [0.15, 0.2) is 77.7 Å². The maximum atomic E-state index is 13.4. The standard InChI is InChI=1S/C27H29ClN2O5S/c1-3-4-17-35-27(32)21-9-13-24(14-10-21)29-26(31)19-30(18-22-8-6-5-7-20(22)2)36(33,34)25-15-11-23(28)12-16-25/h5-16H,3-4,17-19H2,1-2H3,(H,29,31). The van der Waals surface area contributed by atoms with Crippen LogP contribution in [-0.4, -0.2) is 37.8 Å². The molecule has 0 aliphatic rings. The van der Waals surface area contributed by atoms with Crippen LogP contribution < -0.4 is 5.32 Å². The number of rotatable bonds is 11. The molecular weight excluding hydrogens is 500 g/mol. The van der Waals surface area contributed by atoms with Crippen molar-refractivity contribution >= 4 is 39.2 Å². The van der Waals surface area contributed by atoms with Crippen molar-refractivity contribution in [3.05, 3.63) is 94.5 Å². The third-order valence-electron chi connectivity index (χ3n) is 5.51. The van der Waals surface area contributed by atoms with Gasteiger partial charge in [0.15, 0.2) is 0 Å². The number of nitrogens with one attached hydrogen (secondary N) is 1. The summed E-state index contributed by atoms with van der Waals surface area (Å²) in [6.45, 7) is 3.87. The van der Waals surface area contributed by atoms with E-state index in [4.69, 9.17) is 16.3 Å². The summed E-state index contributed by atoms with van der Waals surface area (Å²) < 4.78 is 33.2. The smallest absolute Gasteiger partial charge is 0.338 e. The number of sulfonamides is 1. The lowest BCUT2D eigenvalue weighted by Gasteiger charge is -2.23. The van der Waals surface area contributed by atoms with E-state index in [1.54, 1.807) is 24.3 Å². The zero-order valence-electron chi connectivity index (χ0n) is 20.2. The van der Waals surface area contributed by atoms with Crippen molar-refractivity contribution in [2.75, 3.05) is 18.5 Å². The van der Waals surface area contributed by atoms with E-state index in [1.807, 2.05) is 38.1 Å². The fourth-order valence-electron chi connectivity index (χ4n) is 3.40. The SMILES string of the molecule is CCCCOC(=O)c1ccc(NC(=O)CN(Cc2ccccc2C)S(=O)(=O)c2ccc(Cl)cc2)cc1. The van der Waals surface area contributed by atoms with Crippen molar-refractivity contribution in [3.63, 3.8) is 0 Å². The highest BCUT2D eigenvalue weighted by Crippen LogP contribution is 2.22. The predicted molar refractivity (Wildman–Crippen MR) is 140 cm³/mol. The first-order valence-electron chi connectivity index (χ1n) is 11.6. The third kappa shape index (κ3) is 7.40. The third-order valence-corrected chi connectivity index (χ3v) is 7.57. The number of benzene rings is 3. The van der Waals surface area contributed by atoms with E-state index in [0.717, 1.165) is 28.3 Å². The molecule has 0 saturated carbocycles. The Bertz CT molecular complexity index is 1290. The number of aryl methyl sites for hydroxylation is 1. The monoisotopic (exact) mass is 528 g/mol. The van der Waals surface area contributed by atoms with Crippen LogP contribution in [0.1, 0.15) is 41.3 Å². The van der Waals surface area contributed by atoms with Gasteiger partial charge in [0.25, 0.3) is 0 Å². The molecule has 1 N–H and O–H groups in total. The lowest BCUT2D eigenvalue weighted by atomic mass is 10.1. The molecule has 0 bridgehead atoms. The highest BCUT2D eigenvalue weighted by molar-refractivity contribution is 7.89. The summed E-state index contributed by atoms with van der Waals surface area (Å²) >= 11 is 5.93. The molecule has 0 radical (unpaired) electrons. The summed E-state index contributed by atoms with van der Waals surface area (Å²) in [5.41, 5.74) is 2.50. The van der Waals surface area contributed by atoms with Crippen molar-refractivity contribution in [1.29, 1.82) is 0 Å². The molecule has 0 unspecified atom stereocenters. The van der Waals surface area contributed by atoms with Gasteiger partial charge in [0.1, 0.15) is 0 Å². The van der Waals surface area contributed by atoms with E-state index in [1.165, 1.54) is 24.3 Å². The van der Waals surface area contributed by atoms with Gasteiger partial charge >= 0.3 is 5.97 Å². The first-order valence-corrected chi connectivity index (χ1v) is 13.4. The van der Waals surface area contributed by atoms with E-state index in [2.05, 4.69) is 5.32 Å². The molecule has 0 atom stereocenters. The molecule has 0 fully saturated rings. The fraction of sp³-hybridized carbons (Fsp3) is 0.259. The second kappa shape index (κ2) is 12.7. The number of carbonyl (C=O) groups is 2. The molecule has 7 nitrogen and oxygen atoms in total. The van der Waals surface area contributed by atoms with Gasteiger partial charge in [-0.15, -0.1) is 0 Å². The highest BCUT2D eigenvalue weighted by Gasteiger charge is 2.27. The van der Waals surface area contributed by atoms with Crippen LogP contribution >= 0.6 is 11.6 Å². The van der Waals surface area contributed by atoms with Gasteiger partial charge in [-0.2, -0.15) is 4.31 Å². The number of carbonyl (C=O) groups excluding carboxylic acids is 2. The Morgan fingerprint density at radius 2 is 1.64 bits per heavy atom. The first kappa shape index (κ1) is 27.4. The van der Waals surface area contributed by atoms with Crippen molar-refractivity contribution in [3.8, 4) is 0 Å². The number of amides is 1. The summed E-state index contributed by atoms with van der Waals surface area (Å²) in [5, 5.41) is 3.12. The topological polar surface area (TPSA) is 92.8 Å². The highest BCUT2D eigenvalue weighted by atomic mass is 35.5. The molecule has 0 aliphatic heterocycles. The van der Waals surface area contributed by atoms with Crippen LogP contribution in [0.25, 0.3) is 0 Å². The molecule has 0 spiro atoms. The van der Waals surface area contributed by atoms with E-state index in [9.17, 15) is 18.0 Å². The zero-order chi connectivity index (χ0) is 26.1. The molecule has 3 aromatic rings. The van der Waals surface area contributed by atoms with Gasteiger partial charge < -0.3 is 10.1 Å². The second-order valence-electron chi connectivity index (χ2n) is 8.27. The predicted octanol–water partition coefficient (Wildman–Crippen LogP) is 5.43. The van der Waals surface area contributed by atoms with Crippen molar-refractivity contribution in [2.45, 2.75) is 38.1 Å². The van der Waals surface area contributed by atoms with Crippen molar-refractivity contribution in [2.24, 2.45) is 0 Å². The second-order valence-corrected chi connectivity index (χ2v) is 10.6. The molecule has 0 heterocycles. The fourth-order valence-corrected chi connectivity index (χ4v) is 4.90. The number of halogens is 1. The number of nitrogens with zero attached hydrogens (tertiary/aromatic N) is 1. The molecule has 1 amide bonds. The van der Waals surface area contributed by atoms with Crippen LogP contribution in [0.4, 0.5) is 5.69 Å². The lowest BCUT2D eigenvalue weighted by Crippen LogP contribution is -2.37. The molecule has 9 heteroatoms. The van der Waals surface area contributed by atoms with Gasteiger partial charge in [-0.05, 0) is 73.0 Å². The Hall–Kier alpha value is -3.20. The average molecular weight is 529 g/mol. The quantitative estimate of drug-likeness (QED) is 0.264. The summed E-state index contributed by atoms with van der Waals surface area (Å²) in [5.74, 6) is -0.945.